The lowest BCUT2D eigenvalue weighted by Gasteiger charge is -2.32. The minimum atomic E-state index is -0.483. The van der Waals surface area contributed by atoms with E-state index in [-0.39, 0.29) is 5.56 Å². The van der Waals surface area contributed by atoms with E-state index in [1.165, 1.54) is 11.6 Å². The predicted molar refractivity (Wildman–Crippen MR) is 85.4 cm³/mol. The second-order valence-electron chi connectivity index (χ2n) is 5.39. The average molecular weight is 312 g/mol. The number of anilines is 1. The minimum Gasteiger partial charge on any atom is -0.493 e. The molecule has 4 nitrogen and oxygen atoms in total. The molecule has 0 aromatic heterocycles. The highest BCUT2D eigenvalue weighted by atomic mass is 19.1. The van der Waals surface area contributed by atoms with E-state index >= 15 is 0 Å². The van der Waals surface area contributed by atoms with Crippen LogP contribution in [0.2, 0.25) is 0 Å². The lowest BCUT2D eigenvalue weighted by molar-refractivity contribution is 0.353. The molecule has 0 bridgehead atoms. The standard InChI is InChI=1S/C18H17FN2O2/c1-22-17-8-12-6-7-21(11-13(12)9-18(17)23-2)16-5-3-4-15(19)14(16)10-20/h3-5,8-9H,6-7,11H2,1-2H3. The molecule has 0 saturated heterocycles. The number of nitriles is 1. The quantitative estimate of drug-likeness (QED) is 0.872. The Kier molecular flexibility index (Phi) is 4.07. The third-order valence-electron chi connectivity index (χ3n) is 4.16. The first-order valence-corrected chi connectivity index (χ1v) is 7.35. The topological polar surface area (TPSA) is 45.5 Å². The molecule has 0 atom stereocenters. The van der Waals surface area contributed by atoms with Crippen molar-refractivity contribution >= 4 is 5.69 Å². The first-order chi connectivity index (χ1) is 11.2. The molecule has 1 aliphatic rings. The molecule has 0 radical (unpaired) electrons. The van der Waals surface area contributed by atoms with Gasteiger partial charge in [-0.2, -0.15) is 5.26 Å². The summed E-state index contributed by atoms with van der Waals surface area (Å²) < 4.78 is 24.5. The summed E-state index contributed by atoms with van der Waals surface area (Å²) in [5.41, 5.74) is 3.01. The van der Waals surface area contributed by atoms with Crippen LogP contribution in [0.15, 0.2) is 30.3 Å². The third kappa shape index (κ3) is 2.68. The fourth-order valence-electron chi connectivity index (χ4n) is 2.98. The molecule has 2 aromatic carbocycles. The first-order valence-electron chi connectivity index (χ1n) is 7.35. The van der Waals surface area contributed by atoms with E-state index in [0.29, 0.717) is 23.7 Å². The zero-order valence-corrected chi connectivity index (χ0v) is 13.1. The van der Waals surface area contributed by atoms with Crippen molar-refractivity contribution in [3.8, 4) is 17.6 Å². The zero-order chi connectivity index (χ0) is 16.4. The van der Waals surface area contributed by atoms with Gasteiger partial charge in [0.1, 0.15) is 17.4 Å². The van der Waals surface area contributed by atoms with E-state index in [2.05, 4.69) is 0 Å². The molecule has 1 aliphatic heterocycles. The number of halogens is 1. The molecule has 23 heavy (non-hydrogen) atoms. The Bertz CT molecular complexity index is 783. The van der Waals surface area contributed by atoms with Crippen molar-refractivity contribution in [2.24, 2.45) is 0 Å². The van der Waals surface area contributed by atoms with Crippen LogP contribution in [0.4, 0.5) is 10.1 Å². The molecule has 2 aromatic rings. The molecule has 118 valence electrons. The molecule has 0 spiro atoms. The number of fused-ring (bicyclic) bond motifs is 1. The van der Waals surface area contributed by atoms with Crippen molar-refractivity contribution in [2.45, 2.75) is 13.0 Å². The van der Waals surface area contributed by atoms with Crippen molar-refractivity contribution in [3.63, 3.8) is 0 Å². The maximum absolute atomic E-state index is 13.8. The van der Waals surface area contributed by atoms with Crippen LogP contribution in [-0.2, 0) is 13.0 Å². The molecular formula is C18H17FN2O2. The van der Waals surface area contributed by atoms with Gasteiger partial charge in [-0.15, -0.1) is 0 Å². The molecular weight excluding hydrogens is 295 g/mol. The number of methoxy groups -OCH3 is 2. The zero-order valence-electron chi connectivity index (χ0n) is 13.1. The maximum atomic E-state index is 13.8. The Morgan fingerprint density at radius 3 is 2.48 bits per heavy atom. The van der Waals surface area contributed by atoms with Gasteiger partial charge in [0.2, 0.25) is 0 Å². The van der Waals surface area contributed by atoms with Gasteiger partial charge in [-0.05, 0) is 41.8 Å². The van der Waals surface area contributed by atoms with Gasteiger partial charge in [-0.1, -0.05) is 6.07 Å². The normalized spacial score (nSPS) is 13.2. The van der Waals surface area contributed by atoms with Crippen molar-refractivity contribution in [1.82, 2.24) is 0 Å². The molecule has 0 saturated carbocycles. The summed E-state index contributed by atoms with van der Waals surface area (Å²) in [4.78, 5) is 2.02. The second-order valence-corrected chi connectivity index (χ2v) is 5.39. The predicted octanol–water partition coefficient (Wildman–Crippen LogP) is 3.28. The molecule has 0 amide bonds. The van der Waals surface area contributed by atoms with E-state index in [1.54, 1.807) is 26.4 Å². The fraction of sp³-hybridized carbons (Fsp3) is 0.278. The van der Waals surface area contributed by atoms with Crippen molar-refractivity contribution in [2.75, 3.05) is 25.7 Å². The summed E-state index contributed by atoms with van der Waals surface area (Å²) in [6.45, 7) is 1.33. The van der Waals surface area contributed by atoms with E-state index in [0.717, 1.165) is 18.5 Å². The van der Waals surface area contributed by atoms with Crippen LogP contribution in [-0.4, -0.2) is 20.8 Å². The van der Waals surface area contributed by atoms with Crippen molar-refractivity contribution in [1.29, 1.82) is 5.26 Å². The lowest BCUT2D eigenvalue weighted by atomic mass is 9.97. The molecule has 0 fully saturated rings. The summed E-state index contributed by atoms with van der Waals surface area (Å²) in [6.07, 6.45) is 0.803. The molecule has 0 N–H and O–H groups in total. The van der Waals surface area contributed by atoms with Crippen LogP contribution >= 0.6 is 0 Å². The van der Waals surface area contributed by atoms with Crippen molar-refractivity contribution in [3.05, 3.63) is 52.8 Å². The summed E-state index contributed by atoms with van der Waals surface area (Å²) in [5, 5.41) is 9.22. The summed E-state index contributed by atoms with van der Waals surface area (Å²) in [5.74, 6) is 0.902. The monoisotopic (exact) mass is 312 g/mol. The van der Waals surface area contributed by atoms with E-state index in [9.17, 15) is 9.65 Å². The van der Waals surface area contributed by atoms with E-state index in [4.69, 9.17) is 9.47 Å². The molecule has 5 heteroatoms. The second kappa shape index (κ2) is 6.17. The number of ether oxygens (including phenoxy) is 2. The van der Waals surface area contributed by atoms with Gasteiger partial charge in [-0.3, -0.25) is 0 Å². The highest BCUT2D eigenvalue weighted by Gasteiger charge is 2.22. The van der Waals surface area contributed by atoms with Gasteiger partial charge in [0, 0.05) is 13.1 Å². The molecule has 0 aliphatic carbocycles. The SMILES string of the molecule is COc1cc2c(cc1OC)CN(c1cccc(F)c1C#N)CC2. The fourth-order valence-corrected chi connectivity index (χ4v) is 2.98. The van der Waals surface area contributed by atoms with Gasteiger partial charge in [-0.25, -0.2) is 4.39 Å². The van der Waals surface area contributed by atoms with Gasteiger partial charge in [0.05, 0.1) is 19.9 Å². The van der Waals surface area contributed by atoms with Gasteiger partial charge in [0.15, 0.2) is 11.5 Å². The summed E-state index contributed by atoms with van der Waals surface area (Å²) in [7, 11) is 3.22. The summed E-state index contributed by atoms with van der Waals surface area (Å²) in [6, 6.07) is 10.6. The van der Waals surface area contributed by atoms with E-state index < -0.39 is 5.82 Å². The van der Waals surface area contributed by atoms with E-state index in [1.807, 2.05) is 23.1 Å². The Morgan fingerprint density at radius 1 is 1.13 bits per heavy atom. The van der Waals surface area contributed by atoms with Crippen LogP contribution in [0, 0.1) is 17.1 Å². The van der Waals surface area contributed by atoms with Crippen LogP contribution in [0.1, 0.15) is 16.7 Å². The van der Waals surface area contributed by atoms with Gasteiger partial charge >= 0.3 is 0 Å². The van der Waals surface area contributed by atoms with Crippen LogP contribution in [0.5, 0.6) is 11.5 Å². The minimum absolute atomic E-state index is 0.0939. The van der Waals surface area contributed by atoms with Crippen LogP contribution in [0.25, 0.3) is 0 Å². The largest absolute Gasteiger partial charge is 0.493 e. The highest BCUT2D eigenvalue weighted by Crippen LogP contribution is 2.35. The number of nitrogens with zero attached hydrogens (tertiary/aromatic N) is 2. The van der Waals surface area contributed by atoms with Gasteiger partial charge in [0.25, 0.3) is 0 Å². The molecule has 0 unspecified atom stereocenters. The third-order valence-corrected chi connectivity index (χ3v) is 4.16. The van der Waals surface area contributed by atoms with Gasteiger partial charge < -0.3 is 14.4 Å². The van der Waals surface area contributed by atoms with Crippen LogP contribution in [0.3, 0.4) is 0 Å². The average Bonchev–Trinajstić information content (AvgIpc) is 2.59. The Balaban J connectivity index is 1.98. The lowest BCUT2D eigenvalue weighted by Crippen LogP contribution is -2.31. The van der Waals surface area contributed by atoms with Crippen LogP contribution < -0.4 is 14.4 Å². The number of hydrogen-bond donors (Lipinski definition) is 0. The highest BCUT2D eigenvalue weighted by molar-refractivity contribution is 5.61. The smallest absolute Gasteiger partial charge is 0.161 e. The maximum Gasteiger partial charge on any atom is 0.161 e. The molecule has 1 heterocycles. The Morgan fingerprint density at radius 2 is 1.83 bits per heavy atom. The first kappa shape index (κ1) is 15.2. The van der Waals surface area contributed by atoms with Crippen molar-refractivity contribution < 1.29 is 13.9 Å². The number of rotatable bonds is 3. The number of hydrogen-bond acceptors (Lipinski definition) is 4. The number of benzene rings is 2. The summed E-state index contributed by atoms with van der Waals surface area (Å²) >= 11 is 0. The molecule has 3 rings (SSSR count). The Hall–Kier alpha value is -2.74. The Labute approximate surface area is 134 Å².